The molecule has 0 fully saturated rings. The fourth-order valence-corrected chi connectivity index (χ4v) is 1.81. The topological polar surface area (TPSA) is 65.0 Å². The van der Waals surface area contributed by atoms with Gasteiger partial charge in [0.15, 0.2) is 0 Å². The van der Waals surface area contributed by atoms with Gasteiger partial charge in [-0.1, -0.05) is 12.1 Å². The number of carboxylic acids is 1. The molecule has 0 aromatic heterocycles. The summed E-state index contributed by atoms with van der Waals surface area (Å²) in [7, 11) is 3.11. The SMILES string of the molecule is COc1ccc(COc2cc(OC)ccc2C(=O)O)cc1. The first-order chi connectivity index (χ1) is 10.1. The summed E-state index contributed by atoms with van der Waals surface area (Å²) in [5, 5.41) is 9.16. The van der Waals surface area contributed by atoms with Gasteiger partial charge < -0.3 is 19.3 Å². The molecule has 2 rings (SSSR count). The Morgan fingerprint density at radius 1 is 1.00 bits per heavy atom. The summed E-state index contributed by atoms with van der Waals surface area (Å²) >= 11 is 0. The smallest absolute Gasteiger partial charge is 0.339 e. The van der Waals surface area contributed by atoms with E-state index >= 15 is 0 Å². The third kappa shape index (κ3) is 3.66. The third-order valence-electron chi connectivity index (χ3n) is 2.97. The average molecular weight is 288 g/mol. The van der Waals surface area contributed by atoms with Crippen LogP contribution in [0.25, 0.3) is 0 Å². The van der Waals surface area contributed by atoms with Crippen LogP contribution >= 0.6 is 0 Å². The molecule has 0 atom stereocenters. The van der Waals surface area contributed by atoms with Gasteiger partial charge in [0.25, 0.3) is 0 Å². The average Bonchev–Trinajstić information content (AvgIpc) is 2.52. The second-order valence-corrected chi connectivity index (χ2v) is 4.30. The third-order valence-corrected chi connectivity index (χ3v) is 2.97. The molecule has 0 amide bonds. The molecule has 5 heteroatoms. The number of carbonyl (C=O) groups is 1. The van der Waals surface area contributed by atoms with E-state index in [2.05, 4.69) is 0 Å². The number of hydrogen-bond donors (Lipinski definition) is 1. The van der Waals surface area contributed by atoms with Crippen molar-refractivity contribution in [1.82, 2.24) is 0 Å². The number of aromatic carboxylic acids is 1. The van der Waals surface area contributed by atoms with E-state index in [1.165, 1.54) is 13.2 Å². The van der Waals surface area contributed by atoms with Crippen molar-refractivity contribution in [2.24, 2.45) is 0 Å². The molecule has 2 aromatic rings. The summed E-state index contributed by atoms with van der Waals surface area (Å²) in [5.41, 5.74) is 1.01. The summed E-state index contributed by atoms with van der Waals surface area (Å²) in [6.07, 6.45) is 0. The van der Waals surface area contributed by atoms with E-state index in [4.69, 9.17) is 19.3 Å². The molecule has 0 saturated heterocycles. The zero-order valence-electron chi connectivity index (χ0n) is 11.8. The van der Waals surface area contributed by atoms with Gasteiger partial charge in [0.1, 0.15) is 29.4 Å². The molecular weight excluding hydrogens is 272 g/mol. The molecule has 0 unspecified atom stereocenters. The van der Waals surface area contributed by atoms with Crippen LogP contribution in [0.4, 0.5) is 0 Å². The lowest BCUT2D eigenvalue weighted by Gasteiger charge is -2.11. The van der Waals surface area contributed by atoms with Crippen molar-refractivity contribution in [3.63, 3.8) is 0 Å². The minimum Gasteiger partial charge on any atom is -0.497 e. The summed E-state index contributed by atoms with van der Waals surface area (Å²) in [4.78, 5) is 11.2. The van der Waals surface area contributed by atoms with Crippen LogP contribution in [-0.2, 0) is 6.61 Å². The van der Waals surface area contributed by atoms with Crippen molar-refractivity contribution in [3.8, 4) is 17.2 Å². The Morgan fingerprint density at radius 3 is 2.19 bits per heavy atom. The Hall–Kier alpha value is -2.69. The highest BCUT2D eigenvalue weighted by Gasteiger charge is 2.12. The minimum absolute atomic E-state index is 0.101. The van der Waals surface area contributed by atoms with E-state index in [9.17, 15) is 4.79 Å². The summed E-state index contributed by atoms with van der Waals surface area (Å²) in [6, 6.07) is 12.0. The largest absolute Gasteiger partial charge is 0.497 e. The van der Waals surface area contributed by atoms with Gasteiger partial charge in [-0.05, 0) is 29.8 Å². The Morgan fingerprint density at radius 2 is 1.62 bits per heavy atom. The maximum atomic E-state index is 11.2. The number of rotatable bonds is 6. The predicted octanol–water partition coefficient (Wildman–Crippen LogP) is 2.98. The van der Waals surface area contributed by atoms with Gasteiger partial charge in [0.2, 0.25) is 0 Å². The molecule has 110 valence electrons. The van der Waals surface area contributed by atoms with Gasteiger partial charge in [-0.2, -0.15) is 0 Å². The van der Waals surface area contributed by atoms with Crippen LogP contribution in [-0.4, -0.2) is 25.3 Å². The Bertz CT molecular complexity index is 619. The van der Waals surface area contributed by atoms with Crippen LogP contribution in [0.2, 0.25) is 0 Å². The first kappa shape index (κ1) is 14.7. The second-order valence-electron chi connectivity index (χ2n) is 4.30. The molecule has 0 heterocycles. The van der Waals surface area contributed by atoms with Crippen molar-refractivity contribution in [1.29, 1.82) is 0 Å². The van der Waals surface area contributed by atoms with E-state index in [1.807, 2.05) is 24.3 Å². The summed E-state index contributed by atoms with van der Waals surface area (Å²) in [6.45, 7) is 0.261. The number of ether oxygens (including phenoxy) is 3. The number of methoxy groups -OCH3 is 2. The second kappa shape index (κ2) is 6.65. The molecule has 0 bridgehead atoms. The molecule has 0 saturated carbocycles. The van der Waals surface area contributed by atoms with Crippen LogP contribution in [0.5, 0.6) is 17.2 Å². The van der Waals surface area contributed by atoms with Crippen molar-refractivity contribution < 1.29 is 24.1 Å². The van der Waals surface area contributed by atoms with Crippen LogP contribution in [0.15, 0.2) is 42.5 Å². The molecule has 0 aliphatic rings. The van der Waals surface area contributed by atoms with Crippen LogP contribution in [0.3, 0.4) is 0 Å². The van der Waals surface area contributed by atoms with Gasteiger partial charge in [0.05, 0.1) is 14.2 Å². The lowest BCUT2D eigenvalue weighted by atomic mass is 10.2. The number of benzene rings is 2. The van der Waals surface area contributed by atoms with Gasteiger partial charge in [0, 0.05) is 6.07 Å². The van der Waals surface area contributed by atoms with Crippen molar-refractivity contribution in [3.05, 3.63) is 53.6 Å². The molecule has 0 aliphatic carbocycles. The Labute approximate surface area is 122 Å². The van der Waals surface area contributed by atoms with Crippen molar-refractivity contribution >= 4 is 5.97 Å². The monoisotopic (exact) mass is 288 g/mol. The predicted molar refractivity (Wildman–Crippen MR) is 77.3 cm³/mol. The maximum absolute atomic E-state index is 11.2. The standard InChI is InChI=1S/C16H16O5/c1-19-12-5-3-11(4-6-12)10-21-15-9-13(20-2)7-8-14(15)16(17)18/h3-9H,10H2,1-2H3,(H,17,18). The Balaban J connectivity index is 2.15. The quantitative estimate of drug-likeness (QED) is 0.885. The molecular formula is C16H16O5. The summed E-state index contributed by atoms with van der Waals surface area (Å²) < 4.78 is 15.8. The zero-order chi connectivity index (χ0) is 15.2. The van der Waals surface area contributed by atoms with Crippen LogP contribution in [0.1, 0.15) is 15.9 Å². The summed E-state index contributed by atoms with van der Waals surface area (Å²) in [5.74, 6) is 0.538. The van der Waals surface area contributed by atoms with Crippen molar-refractivity contribution in [2.75, 3.05) is 14.2 Å². The zero-order valence-corrected chi connectivity index (χ0v) is 11.8. The highest BCUT2D eigenvalue weighted by atomic mass is 16.5. The van der Waals surface area contributed by atoms with Gasteiger partial charge in [-0.15, -0.1) is 0 Å². The Kier molecular flexibility index (Phi) is 4.66. The maximum Gasteiger partial charge on any atom is 0.339 e. The first-order valence-electron chi connectivity index (χ1n) is 6.31. The number of hydrogen-bond acceptors (Lipinski definition) is 4. The van der Waals surface area contributed by atoms with E-state index in [0.717, 1.165) is 11.3 Å². The highest BCUT2D eigenvalue weighted by molar-refractivity contribution is 5.91. The van der Waals surface area contributed by atoms with Gasteiger partial charge in [-0.3, -0.25) is 0 Å². The van der Waals surface area contributed by atoms with Crippen LogP contribution < -0.4 is 14.2 Å². The molecule has 2 aromatic carbocycles. The van der Waals surface area contributed by atoms with E-state index in [-0.39, 0.29) is 17.9 Å². The first-order valence-corrected chi connectivity index (χ1v) is 6.31. The molecule has 0 aliphatic heterocycles. The van der Waals surface area contributed by atoms with Crippen LogP contribution in [0, 0.1) is 0 Å². The number of carboxylic acid groups (broad SMARTS) is 1. The fourth-order valence-electron chi connectivity index (χ4n) is 1.81. The van der Waals surface area contributed by atoms with E-state index < -0.39 is 5.97 Å². The normalized spacial score (nSPS) is 10.0. The lowest BCUT2D eigenvalue weighted by Crippen LogP contribution is -2.04. The molecule has 0 radical (unpaired) electrons. The van der Waals surface area contributed by atoms with Gasteiger partial charge in [-0.25, -0.2) is 4.79 Å². The molecule has 21 heavy (non-hydrogen) atoms. The fraction of sp³-hybridized carbons (Fsp3) is 0.188. The molecule has 1 N–H and O–H groups in total. The highest BCUT2D eigenvalue weighted by Crippen LogP contribution is 2.26. The molecule has 0 spiro atoms. The van der Waals surface area contributed by atoms with E-state index in [0.29, 0.717) is 5.75 Å². The lowest BCUT2D eigenvalue weighted by molar-refractivity contribution is 0.0691. The minimum atomic E-state index is -1.04. The van der Waals surface area contributed by atoms with E-state index in [1.54, 1.807) is 19.2 Å². The van der Waals surface area contributed by atoms with Gasteiger partial charge >= 0.3 is 5.97 Å². The molecule has 5 nitrogen and oxygen atoms in total. The van der Waals surface area contributed by atoms with Crippen molar-refractivity contribution in [2.45, 2.75) is 6.61 Å².